The van der Waals surface area contributed by atoms with Crippen molar-refractivity contribution in [1.29, 1.82) is 0 Å². The molecule has 1 aromatic carbocycles. The van der Waals surface area contributed by atoms with Crippen molar-refractivity contribution in [1.82, 2.24) is 4.98 Å². The summed E-state index contributed by atoms with van der Waals surface area (Å²) in [7, 11) is 0. The predicted molar refractivity (Wildman–Crippen MR) is 64.9 cm³/mol. The van der Waals surface area contributed by atoms with Gasteiger partial charge in [0, 0.05) is 17.8 Å². The van der Waals surface area contributed by atoms with Crippen molar-refractivity contribution in [2.75, 3.05) is 11.1 Å². The molecular formula is C11H8F2N4O2. The van der Waals surface area contributed by atoms with Crippen LogP contribution in [0.3, 0.4) is 0 Å². The molecule has 2 aromatic rings. The molecule has 0 amide bonds. The third kappa shape index (κ3) is 2.92. The summed E-state index contributed by atoms with van der Waals surface area (Å²) in [6, 6.07) is 5.07. The zero-order valence-electron chi connectivity index (χ0n) is 9.43. The number of nitrogens with one attached hydrogen (secondary N) is 1. The largest absolute Gasteiger partial charge is 0.384 e. The van der Waals surface area contributed by atoms with Crippen LogP contribution in [-0.4, -0.2) is 9.91 Å². The van der Waals surface area contributed by atoms with E-state index in [0.717, 1.165) is 18.2 Å². The van der Waals surface area contributed by atoms with Gasteiger partial charge in [0.15, 0.2) is 0 Å². The van der Waals surface area contributed by atoms with Crippen molar-refractivity contribution in [3.05, 3.63) is 52.1 Å². The molecule has 0 fully saturated rings. The third-order valence-corrected chi connectivity index (χ3v) is 2.22. The number of nitrogens with two attached hydrogens (primary N) is 1. The Morgan fingerprint density at radius 2 is 1.84 bits per heavy atom. The van der Waals surface area contributed by atoms with Crippen LogP contribution in [0.1, 0.15) is 0 Å². The molecule has 0 aliphatic rings. The van der Waals surface area contributed by atoms with E-state index in [4.69, 9.17) is 5.73 Å². The van der Waals surface area contributed by atoms with Crippen LogP contribution in [0.2, 0.25) is 0 Å². The molecule has 0 atom stereocenters. The summed E-state index contributed by atoms with van der Waals surface area (Å²) in [5.74, 6) is -1.76. The van der Waals surface area contributed by atoms with Crippen LogP contribution >= 0.6 is 0 Å². The van der Waals surface area contributed by atoms with E-state index in [0.29, 0.717) is 6.07 Å². The number of nitrogen functional groups attached to an aromatic ring is 1. The second kappa shape index (κ2) is 4.84. The molecule has 0 radical (unpaired) electrons. The average Bonchev–Trinajstić information content (AvgIpc) is 2.26. The SMILES string of the molecule is Nc1ccc([N+](=O)[O-])c(Nc2cc(F)cc(F)c2)n1. The van der Waals surface area contributed by atoms with Gasteiger partial charge in [-0.15, -0.1) is 0 Å². The molecule has 2 rings (SSSR count). The summed E-state index contributed by atoms with van der Waals surface area (Å²) in [5.41, 5.74) is 5.07. The zero-order valence-corrected chi connectivity index (χ0v) is 9.43. The highest BCUT2D eigenvalue weighted by atomic mass is 19.1. The van der Waals surface area contributed by atoms with Gasteiger partial charge in [0.05, 0.1) is 4.92 Å². The second-order valence-corrected chi connectivity index (χ2v) is 3.64. The maximum atomic E-state index is 13.0. The molecule has 0 bridgehead atoms. The summed E-state index contributed by atoms with van der Waals surface area (Å²) in [4.78, 5) is 13.8. The van der Waals surface area contributed by atoms with E-state index < -0.39 is 16.6 Å². The molecule has 0 saturated heterocycles. The van der Waals surface area contributed by atoms with E-state index in [2.05, 4.69) is 10.3 Å². The number of benzene rings is 1. The minimum Gasteiger partial charge on any atom is -0.384 e. The van der Waals surface area contributed by atoms with E-state index in [9.17, 15) is 18.9 Å². The number of pyridine rings is 1. The number of nitrogens with zero attached hydrogens (tertiary/aromatic N) is 2. The monoisotopic (exact) mass is 266 g/mol. The number of hydrogen-bond acceptors (Lipinski definition) is 5. The lowest BCUT2D eigenvalue weighted by molar-refractivity contribution is -0.384. The van der Waals surface area contributed by atoms with E-state index >= 15 is 0 Å². The van der Waals surface area contributed by atoms with Crippen LogP contribution in [0.15, 0.2) is 30.3 Å². The van der Waals surface area contributed by atoms with E-state index in [1.165, 1.54) is 6.07 Å². The third-order valence-electron chi connectivity index (χ3n) is 2.22. The molecule has 0 spiro atoms. The fourth-order valence-corrected chi connectivity index (χ4v) is 1.47. The molecule has 98 valence electrons. The lowest BCUT2D eigenvalue weighted by Gasteiger charge is -2.07. The lowest BCUT2D eigenvalue weighted by atomic mass is 10.3. The van der Waals surface area contributed by atoms with Gasteiger partial charge in [0.1, 0.15) is 17.5 Å². The summed E-state index contributed by atoms with van der Waals surface area (Å²) >= 11 is 0. The Morgan fingerprint density at radius 1 is 1.21 bits per heavy atom. The van der Waals surface area contributed by atoms with Gasteiger partial charge >= 0.3 is 5.69 Å². The number of nitro groups is 1. The standard InChI is InChI=1S/C11H8F2N4O2/c12-6-3-7(13)5-8(4-6)15-11-9(17(18)19)1-2-10(14)16-11/h1-5H,(H3,14,15,16). The molecule has 19 heavy (non-hydrogen) atoms. The topological polar surface area (TPSA) is 94.1 Å². The number of hydrogen-bond donors (Lipinski definition) is 2. The number of rotatable bonds is 3. The molecule has 3 N–H and O–H groups in total. The minimum atomic E-state index is -0.811. The maximum absolute atomic E-state index is 13.0. The van der Waals surface area contributed by atoms with Gasteiger partial charge in [0.25, 0.3) is 0 Å². The molecular weight excluding hydrogens is 258 g/mol. The Labute approximate surface area is 106 Å². The average molecular weight is 266 g/mol. The van der Waals surface area contributed by atoms with Crippen LogP contribution in [0.5, 0.6) is 0 Å². The zero-order chi connectivity index (χ0) is 14.0. The van der Waals surface area contributed by atoms with Crippen LogP contribution in [0.25, 0.3) is 0 Å². The first-order chi connectivity index (χ1) is 8.95. The highest BCUT2D eigenvalue weighted by Gasteiger charge is 2.16. The molecule has 1 heterocycles. The predicted octanol–water partition coefficient (Wildman–Crippen LogP) is 2.59. The molecule has 0 saturated carbocycles. The second-order valence-electron chi connectivity index (χ2n) is 3.64. The van der Waals surface area contributed by atoms with Crippen molar-refractivity contribution >= 4 is 23.0 Å². The number of anilines is 3. The Balaban J connectivity index is 2.42. The van der Waals surface area contributed by atoms with Gasteiger partial charge in [-0.1, -0.05) is 0 Å². The summed E-state index contributed by atoms with van der Waals surface area (Å²) in [6.07, 6.45) is 0. The fourth-order valence-electron chi connectivity index (χ4n) is 1.47. The molecule has 1 aromatic heterocycles. The minimum absolute atomic E-state index is 0.00120. The van der Waals surface area contributed by atoms with Gasteiger partial charge in [-0.3, -0.25) is 10.1 Å². The Hall–Kier alpha value is -2.77. The Kier molecular flexibility index (Phi) is 3.23. The molecule has 0 aliphatic heterocycles. The van der Waals surface area contributed by atoms with Crippen LogP contribution in [-0.2, 0) is 0 Å². The first-order valence-electron chi connectivity index (χ1n) is 5.10. The Morgan fingerprint density at radius 3 is 2.42 bits per heavy atom. The molecule has 0 aliphatic carbocycles. The molecule has 8 heteroatoms. The van der Waals surface area contributed by atoms with E-state index in [1.54, 1.807) is 0 Å². The highest BCUT2D eigenvalue weighted by molar-refractivity contribution is 5.67. The van der Waals surface area contributed by atoms with Gasteiger partial charge in [0.2, 0.25) is 5.82 Å². The van der Waals surface area contributed by atoms with Crippen molar-refractivity contribution in [2.45, 2.75) is 0 Å². The van der Waals surface area contributed by atoms with Crippen LogP contribution in [0, 0.1) is 21.7 Å². The Bertz CT molecular complexity index is 628. The summed E-state index contributed by atoms with van der Waals surface area (Å²) in [5, 5.41) is 13.3. The van der Waals surface area contributed by atoms with Gasteiger partial charge in [-0.25, -0.2) is 13.8 Å². The lowest BCUT2D eigenvalue weighted by Crippen LogP contribution is -2.02. The highest BCUT2D eigenvalue weighted by Crippen LogP contribution is 2.27. The van der Waals surface area contributed by atoms with Crippen LogP contribution < -0.4 is 11.1 Å². The van der Waals surface area contributed by atoms with Gasteiger partial charge < -0.3 is 11.1 Å². The van der Waals surface area contributed by atoms with Gasteiger partial charge in [-0.05, 0) is 18.2 Å². The quantitative estimate of drug-likeness (QED) is 0.657. The summed E-state index contributed by atoms with van der Waals surface area (Å²) < 4.78 is 26.0. The first-order valence-corrected chi connectivity index (χ1v) is 5.10. The number of aromatic nitrogens is 1. The van der Waals surface area contributed by atoms with Crippen LogP contribution in [0.4, 0.5) is 31.8 Å². The molecule has 6 nitrogen and oxygen atoms in total. The van der Waals surface area contributed by atoms with Gasteiger partial charge in [-0.2, -0.15) is 0 Å². The van der Waals surface area contributed by atoms with E-state index in [-0.39, 0.29) is 23.0 Å². The van der Waals surface area contributed by atoms with Crippen molar-refractivity contribution in [2.24, 2.45) is 0 Å². The fraction of sp³-hybridized carbons (Fsp3) is 0. The van der Waals surface area contributed by atoms with Crippen molar-refractivity contribution < 1.29 is 13.7 Å². The normalized spacial score (nSPS) is 10.2. The summed E-state index contributed by atoms with van der Waals surface area (Å²) in [6.45, 7) is 0. The van der Waals surface area contributed by atoms with Crippen molar-refractivity contribution in [3.8, 4) is 0 Å². The molecule has 0 unspecified atom stereocenters. The maximum Gasteiger partial charge on any atom is 0.311 e. The van der Waals surface area contributed by atoms with E-state index in [1.807, 2.05) is 0 Å². The van der Waals surface area contributed by atoms with Crippen molar-refractivity contribution in [3.63, 3.8) is 0 Å². The number of halogens is 2. The first kappa shape index (κ1) is 12.7. The smallest absolute Gasteiger partial charge is 0.311 e.